The van der Waals surface area contributed by atoms with Crippen LogP contribution >= 0.6 is 0 Å². The lowest BCUT2D eigenvalue weighted by Gasteiger charge is -2.27. The maximum Gasteiger partial charge on any atom is 0.408 e. The van der Waals surface area contributed by atoms with Crippen molar-refractivity contribution < 1.29 is 19.1 Å². The van der Waals surface area contributed by atoms with Gasteiger partial charge in [-0.25, -0.2) is 4.79 Å². The van der Waals surface area contributed by atoms with Gasteiger partial charge in [0.2, 0.25) is 5.91 Å². The molecule has 0 aliphatic carbocycles. The van der Waals surface area contributed by atoms with E-state index in [4.69, 9.17) is 14.7 Å². The van der Waals surface area contributed by atoms with Crippen LogP contribution in [0.4, 0.5) is 4.79 Å². The minimum Gasteiger partial charge on any atom is -0.444 e. The van der Waals surface area contributed by atoms with Gasteiger partial charge in [0.05, 0.1) is 12.7 Å². The van der Waals surface area contributed by atoms with Crippen LogP contribution in [-0.2, 0) is 14.3 Å². The summed E-state index contributed by atoms with van der Waals surface area (Å²) in [6, 6.07) is 1.38. The number of nitrogens with one attached hydrogen (secondary N) is 1. The molecular weight excluding hydrogens is 298 g/mol. The van der Waals surface area contributed by atoms with Gasteiger partial charge >= 0.3 is 6.09 Å². The summed E-state index contributed by atoms with van der Waals surface area (Å²) >= 11 is 0. The molecule has 0 aromatic heterocycles. The second-order valence-electron chi connectivity index (χ2n) is 6.54. The maximum absolute atomic E-state index is 12.7. The van der Waals surface area contributed by atoms with E-state index >= 15 is 0 Å². The van der Waals surface area contributed by atoms with Gasteiger partial charge in [0.1, 0.15) is 11.6 Å². The normalized spacial score (nSPS) is 16.9. The van der Waals surface area contributed by atoms with Crippen molar-refractivity contribution in [2.75, 3.05) is 26.3 Å². The predicted molar refractivity (Wildman–Crippen MR) is 84.6 cm³/mol. The highest BCUT2D eigenvalue weighted by atomic mass is 16.6. The quantitative estimate of drug-likeness (QED) is 0.779. The molecule has 7 heteroatoms. The molecule has 0 radical (unpaired) electrons. The topological polar surface area (TPSA) is 91.7 Å². The van der Waals surface area contributed by atoms with Crippen LogP contribution in [0.1, 0.15) is 46.5 Å². The minimum absolute atomic E-state index is 0.140. The number of carbonyl (C=O) groups excluding carboxylic acids is 2. The van der Waals surface area contributed by atoms with Crippen molar-refractivity contribution in [3.05, 3.63) is 0 Å². The van der Waals surface area contributed by atoms with E-state index in [0.29, 0.717) is 45.6 Å². The molecule has 1 N–H and O–H groups in total. The fraction of sp³-hybridized carbons (Fsp3) is 0.812. The van der Waals surface area contributed by atoms with Gasteiger partial charge in [-0.05, 0) is 40.0 Å². The number of nitriles is 1. The molecule has 1 aliphatic heterocycles. The Morgan fingerprint density at radius 2 is 2.09 bits per heavy atom. The summed E-state index contributed by atoms with van der Waals surface area (Å²) in [5.74, 6) is -0.140. The Bertz CT molecular complexity index is 432. The Balaban J connectivity index is 2.67. The highest BCUT2D eigenvalue weighted by molar-refractivity contribution is 5.85. The van der Waals surface area contributed by atoms with Crippen LogP contribution in [0.15, 0.2) is 0 Å². The molecule has 0 saturated carbocycles. The average molecular weight is 325 g/mol. The van der Waals surface area contributed by atoms with Crippen molar-refractivity contribution in [2.24, 2.45) is 0 Å². The summed E-state index contributed by atoms with van der Waals surface area (Å²) in [6.45, 7) is 7.58. The van der Waals surface area contributed by atoms with Gasteiger partial charge in [-0.15, -0.1) is 0 Å². The molecule has 23 heavy (non-hydrogen) atoms. The molecule has 0 aromatic carbocycles. The Kier molecular flexibility index (Phi) is 7.83. The number of amides is 2. The number of unbranched alkanes of at least 4 members (excludes halogenated alkanes) is 1. The van der Waals surface area contributed by atoms with Crippen molar-refractivity contribution in [1.82, 2.24) is 10.2 Å². The van der Waals surface area contributed by atoms with Crippen LogP contribution in [0.25, 0.3) is 0 Å². The highest BCUT2D eigenvalue weighted by Crippen LogP contribution is 2.11. The summed E-state index contributed by atoms with van der Waals surface area (Å²) in [7, 11) is 0. The van der Waals surface area contributed by atoms with E-state index in [1.54, 1.807) is 25.7 Å². The van der Waals surface area contributed by atoms with E-state index in [1.165, 1.54) is 0 Å². The van der Waals surface area contributed by atoms with Crippen molar-refractivity contribution in [3.63, 3.8) is 0 Å². The zero-order valence-electron chi connectivity index (χ0n) is 14.3. The van der Waals surface area contributed by atoms with Gasteiger partial charge in [-0.3, -0.25) is 4.79 Å². The third-order valence-electron chi connectivity index (χ3n) is 3.30. The summed E-state index contributed by atoms with van der Waals surface area (Å²) in [5.41, 5.74) is -0.624. The van der Waals surface area contributed by atoms with E-state index < -0.39 is 17.7 Å². The molecule has 1 rings (SSSR count). The number of rotatable bonds is 5. The molecule has 0 bridgehead atoms. The molecule has 0 unspecified atom stereocenters. The van der Waals surface area contributed by atoms with Gasteiger partial charge < -0.3 is 19.7 Å². The van der Waals surface area contributed by atoms with E-state index in [2.05, 4.69) is 11.4 Å². The molecule has 1 heterocycles. The molecule has 1 saturated heterocycles. The zero-order chi connectivity index (χ0) is 17.3. The molecule has 7 nitrogen and oxygen atoms in total. The third-order valence-corrected chi connectivity index (χ3v) is 3.30. The summed E-state index contributed by atoms with van der Waals surface area (Å²) in [4.78, 5) is 26.3. The lowest BCUT2D eigenvalue weighted by atomic mass is 10.1. The zero-order valence-corrected chi connectivity index (χ0v) is 14.3. The third kappa shape index (κ3) is 7.84. The molecule has 1 aliphatic rings. The van der Waals surface area contributed by atoms with E-state index in [0.717, 1.165) is 6.42 Å². The lowest BCUT2D eigenvalue weighted by molar-refractivity contribution is -0.133. The summed E-state index contributed by atoms with van der Waals surface area (Å²) in [5, 5.41) is 11.3. The van der Waals surface area contributed by atoms with Crippen LogP contribution in [0.2, 0.25) is 0 Å². The molecule has 1 fully saturated rings. The standard InChI is InChI=1S/C16H27N3O4/c1-16(2,3)23-15(21)18-13(7-4-5-8-17)14(20)19-9-6-11-22-12-10-19/h13H,4-7,9-12H2,1-3H3,(H,18,21)/t13-/m0/s1. The van der Waals surface area contributed by atoms with Gasteiger partial charge in [0.15, 0.2) is 0 Å². The lowest BCUT2D eigenvalue weighted by Crippen LogP contribution is -2.50. The van der Waals surface area contributed by atoms with Crippen molar-refractivity contribution >= 4 is 12.0 Å². The van der Waals surface area contributed by atoms with E-state index in [9.17, 15) is 9.59 Å². The molecule has 130 valence electrons. The first-order valence-electron chi connectivity index (χ1n) is 8.06. The minimum atomic E-state index is -0.670. The second-order valence-corrected chi connectivity index (χ2v) is 6.54. The highest BCUT2D eigenvalue weighted by Gasteiger charge is 2.28. The van der Waals surface area contributed by atoms with Crippen molar-refractivity contribution in [2.45, 2.75) is 58.1 Å². The Morgan fingerprint density at radius 3 is 2.74 bits per heavy atom. The molecule has 1 atom stereocenters. The monoisotopic (exact) mass is 325 g/mol. The molecule has 0 spiro atoms. The Hall–Kier alpha value is -1.81. The number of hydrogen-bond acceptors (Lipinski definition) is 5. The first-order chi connectivity index (χ1) is 10.8. The van der Waals surface area contributed by atoms with Gasteiger partial charge in [-0.2, -0.15) is 5.26 Å². The van der Waals surface area contributed by atoms with E-state index in [-0.39, 0.29) is 5.91 Å². The first kappa shape index (κ1) is 19.2. The SMILES string of the molecule is CC(C)(C)OC(=O)N[C@@H](CCCC#N)C(=O)N1CCCOCC1. The van der Waals surface area contributed by atoms with E-state index in [1.807, 2.05) is 0 Å². The molecular formula is C16H27N3O4. The number of hydrogen-bond donors (Lipinski definition) is 1. The van der Waals surface area contributed by atoms with Crippen LogP contribution in [0.3, 0.4) is 0 Å². The number of carbonyl (C=O) groups is 2. The summed E-state index contributed by atoms with van der Waals surface area (Å²) < 4.78 is 10.6. The van der Waals surface area contributed by atoms with Gasteiger partial charge in [0, 0.05) is 26.1 Å². The van der Waals surface area contributed by atoms with Crippen LogP contribution in [-0.4, -0.2) is 54.8 Å². The second kappa shape index (κ2) is 9.36. The molecule has 2 amide bonds. The largest absolute Gasteiger partial charge is 0.444 e. The van der Waals surface area contributed by atoms with Crippen molar-refractivity contribution in [3.8, 4) is 6.07 Å². The number of alkyl carbamates (subject to hydrolysis) is 1. The fourth-order valence-electron chi connectivity index (χ4n) is 2.28. The smallest absolute Gasteiger partial charge is 0.408 e. The van der Waals surface area contributed by atoms with Crippen molar-refractivity contribution in [1.29, 1.82) is 5.26 Å². The van der Waals surface area contributed by atoms with Gasteiger partial charge in [0.25, 0.3) is 0 Å². The number of ether oxygens (including phenoxy) is 2. The van der Waals surface area contributed by atoms with Crippen LogP contribution in [0, 0.1) is 11.3 Å². The average Bonchev–Trinajstić information content (AvgIpc) is 2.72. The molecule has 0 aromatic rings. The number of nitrogens with zero attached hydrogens (tertiary/aromatic N) is 2. The van der Waals surface area contributed by atoms with Crippen LogP contribution in [0.5, 0.6) is 0 Å². The van der Waals surface area contributed by atoms with Gasteiger partial charge in [-0.1, -0.05) is 0 Å². The summed E-state index contributed by atoms with van der Waals surface area (Å²) in [6.07, 6.45) is 1.49. The van der Waals surface area contributed by atoms with Crippen LogP contribution < -0.4 is 5.32 Å². The Morgan fingerprint density at radius 1 is 1.35 bits per heavy atom. The Labute approximate surface area is 137 Å². The predicted octanol–water partition coefficient (Wildman–Crippen LogP) is 1.82. The maximum atomic E-state index is 12.7. The first-order valence-corrected chi connectivity index (χ1v) is 8.06. The fourth-order valence-corrected chi connectivity index (χ4v) is 2.28.